The topological polar surface area (TPSA) is 65.3 Å². The van der Waals surface area contributed by atoms with Crippen molar-refractivity contribution in [1.82, 2.24) is 0 Å². The van der Waals surface area contributed by atoms with Crippen molar-refractivity contribution in [3.63, 3.8) is 0 Å². The van der Waals surface area contributed by atoms with Crippen molar-refractivity contribution in [3.05, 3.63) is 41.0 Å². The number of benzene rings is 1. The molecule has 0 N–H and O–H groups in total. The summed E-state index contributed by atoms with van der Waals surface area (Å²) in [6.45, 7) is 9.86. The van der Waals surface area contributed by atoms with Crippen LogP contribution in [0.3, 0.4) is 0 Å². The molecule has 26 heavy (non-hydrogen) atoms. The van der Waals surface area contributed by atoms with Crippen molar-refractivity contribution in [2.24, 2.45) is 0 Å². The fourth-order valence-corrected chi connectivity index (χ4v) is 2.79. The van der Waals surface area contributed by atoms with E-state index in [0.717, 1.165) is 42.1 Å². The summed E-state index contributed by atoms with van der Waals surface area (Å²) < 4.78 is 33.0. The van der Waals surface area contributed by atoms with E-state index in [1.165, 1.54) is 0 Å². The van der Waals surface area contributed by atoms with Crippen molar-refractivity contribution < 1.29 is 28.4 Å². The van der Waals surface area contributed by atoms with Crippen molar-refractivity contribution in [3.8, 4) is 0 Å². The van der Waals surface area contributed by atoms with Crippen LogP contribution in [0.4, 0.5) is 0 Å². The fraction of sp³-hybridized carbons (Fsp3) is 0.600. The van der Waals surface area contributed by atoms with Gasteiger partial charge in [-0.2, -0.15) is 0 Å². The van der Waals surface area contributed by atoms with E-state index >= 15 is 0 Å². The second-order valence-corrected chi connectivity index (χ2v) is 6.94. The highest BCUT2D eigenvalue weighted by atomic mass is 16.6. The largest absolute Gasteiger partial charge is 0.374 e. The quantitative estimate of drug-likeness (QED) is 0.501. The number of ether oxygens (including phenoxy) is 6. The lowest BCUT2D eigenvalue weighted by atomic mass is 9.98. The van der Waals surface area contributed by atoms with E-state index < -0.39 is 0 Å². The first-order valence-electron chi connectivity index (χ1n) is 9.17. The van der Waals surface area contributed by atoms with Gasteiger partial charge in [0.2, 0.25) is 0 Å². The zero-order valence-electron chi connectivity index (χ0n) is 15.0. The Balaban J connectivity index is 1.42. The minimum absolute atomic E-state index is 0.255. The lowest BCUT2D eigenvalue weighted by molar-refractivity contribution is 0.0906. The maximum Gasteiger partial charge on any atom is 0.104 e. The van der Waals surface area contributed by atoms with Gasteiger partial charge in [0.15, 0.2) is 0 Å². The maximum atomic E-state index is 5.83. The molecule has 3 saturated heterocycles. The Hall–Kier alpha value is -1.28. The smallest absolute Gasteiger partial charge is 0.104 e. The Morgan fingerprint density at radius 2 is 1.38 bits per heavy atom. The average Bonchev–Trinajstić information content (AvgIpc) is 3.47. The van der Waals surface area contributed by atoms with Crippen molar-refractivity contribution in [2.45, 2.75) is 38.1 Å². The molecule has 3 aliphatic heterocycles. The molecule has 1 aromatic carbocycles. The average molecular weight is 362 g/mol. The Morgan fingerprint density at radius 1 is 0.846 bits per heavy atom. The Bertz CT molecular complexity index is 619. The SMILES string of the molecule is C=Cc1cc(COCC2CO2)cc(COCC2CO2)c1COCC1CO1. The molecule has 3 fully saturated rings. The molecule has 6 nitrogen and oxygen atoms in total. The summed E-state index contributed by atoms with van der Waals surface area (Å²) in [6, 6.07) is 4.25. The van der Waals surface area contributed by atoms with Gasteiger partial charge in [0.05, 0.1) is 59.5 Å². The summed E-state index contributed by atoms with van der Waals surface area (Å²) >= 11 is 0. The molecule has 0 aliphatic carbocycles. The van der Waals surface area contributed by atoms with Crippen LogP contribution in [-0.4, -0.2) is 58.0 Å². The molecule has 3 atom stereocenters. The third-order valence-corrected chi connectivity index (χ3v) is 4.55. The molecule has 6 heteroatoms. The summed E-state index contributed by atoms with van der Waals surface area (Å²) in [4.78, 5) is 0. The molecular formula is C20H26O6. The third-order valence-electron chi connectivity index (χ3n) is 4.55. The molecule has 1 aromatic rings. The number of rotatable bonds is 13. The van der Waals surface area contributed by atoms with E-state index in [4.69, 9.17) is 28.4 Å². The van der Waals surface area contributed by atoms with Crippen LogP contribution >= 0.6 is 0 Å². The molecule has 3 aliphatic rings. The zero-order valence-corrected chi connectivity index (χ0v) is 15.0. The highest BCUT2D eigenvalue weighted by Gasteiger charge is 2.24. The molecule has 4 rings (SSSR count). The van der Waals surface area contributed by atoms with Crippen LogP contribution in [0.2, 0.25) is 0 Å². The van der Waals surface area contributed by atoms with Crippen LogP contribution in [0.15, 0.2) is 18.7 Å². The standard InChI is InChI=1S/C20H26O6/c1-2-15-3-14(5-21-7-17-10-24-17)4-16(6-22-8-18-11-25-18)20(15)13-23-9-19-12-26-19/h2-4,17-19H,1,5-13H2. The van der Waals surface area contributed by atoms with Gasteiger partial charge in [0.1, 0.15) is 18.3 Å². The highest BCUT2D eigenvalue weighted by molar-refractivity contribution is 5.56. The van der Waals surface area contributed by atoms with E-state index in [-0.39, 0.29) is 18.3 Å². The summed E-state index contributed by atoms with van der Waals surface area (Å²) in [7, 11) is 0. The molecule has 142 valence electrons. The lowest BCUT2D eigenvalue weighted by Gasteiger charge is -2.16. The van der Waals surface area contributed by atoms with Gasteiger partial charge in [0, 0.05) is 0 Å². The zero-order chi connectivity index (χ0) is 17.8. The van der Waals surface area contributed by atoms with Gasteiger partial charge in [-0.1, -0.05) is 18.7 Å². The minimum Gasteiger partial charge on any atom is -0.374 e. The molecular weight excluding hydrogens is 336 g/mol. The third kappa shape index (κ3) is 5.61. The second kappa shape index (κ2) is 8.61. The number of hydrogen-bond donors (Lipinski definition) is 0. The van der Waals surface area contributed by atoms with Crippen LogP contribution in [0.5, 0.6) is 0 Å². The monoisotopic (exact) mass is 362 g/mol. The van der Waals surface area contributed by atoms with Crippen LogP contribution in [0.25, 0.3) is 6.08 Å². The van der Waals surface area contributed by atoms with Gasteiger partial charge >= 0.3 is 0 Å². The number of hydrogen-bond acceptors (Lipinski definition) is 6. The maximum absolute atomic E-state index is 5.83. The Kier molecular flexibility index (Phi) is 5.99. The van der Waals surface area contributed by atoms with E-state index in [1.807, 2.05) is 6.08 Å². The van der Waals surface area contributed by atoms with E-state index in [0.29, 0.717) is 39.6 Å². The molecule has 3 heterocycles. The van der Waals surface area contributed by atoms with Gasteiger partial charge in [0.25, 0.3) is 0 Å². The van der Waals surface area contributed by atoms with Crippen LogP contribution in [-0.2, 0) is 48.2 Å². The van der Waals surface area contributed by atoms with Gasteiger partial charge in [-0.25, -0.2) is 0 Å². The Morgan fingerprint density at radius 3 is 1.92 bits per heavy atom. The van der Waals surface area contributed by atoms with Crippen molar-refractivity contribution >= 4 is 6.08 Å². The lowest BCUT2D eigenvalue weighted by Crippen LogP contribution is -2.09. The Labute approximate surface area is 154 Å². The minimum atomic E-state index is 0.255. The molecule has 3 unspecified atom stereocenters. The van der Waals surface area contributed by atoms with Gasteiger partial charge in [-0.15, -0.1) is 0 Å². The first-order valence-corrected chi connectivity index (χ1v) is 9.17. The molecule has 0 radical (unpaired) electrons. The summed E-state index contributed by atoms with van der Waals surface area (Å²) in [5.74, 6) is 0. The molecule has 0 aromatic heterocycles. The summed E-state index contributed by atoms with van der Waals surface area (Å²) in [5, 5.41) is 0. The van der Waals surface area contributed by atoms with Crippen LogP contribution in [0, 0.1) is 0 Å². The van der Waals surface area contributed by atoms with Crippen LogP contribution in [0.1, 0.15) is 22.3 Å². The van der Waals surface area contributed by atoms with E-state index in [9.17, 15) is 0 Å². The first kappa shape index (κ1) is 18.1. The van der Waals surface area contributed by atoms with Crippen molar-refractivity contribution in [2.75, 3.05) is 39.6 Å². The predicted molar refractivity (Wildman–Crippen MR) is 94.7 cm³/mol. The van der Waals surface area contributed by atoms with Crippen LogP contribution < -0.4 is 0 Å². The molecule has 0 bridgehead atoms. The molecule has 0 saturated carbocycles. The summed E-state index contributed by atoms with van der Waals surface area (Å²) in [5.41, 5.74) is 4.40. The van der Waals surface area contributed by atoms with Crippen molar-refractivity contribution in [1.29, 1.82) is 0 Å². The molecule has 0 spiro atoms. The highest BCUT2D eigenvalue weighted by Crippen LogP contribution is 2.24. The summed E-state index contributed by atoms with van der Waals surface area (Å²) in [6.07, 6.45) is 2.65. The number of epoxide rings is 3. The predicted octanol–water partition coefficient (Wildman–Crippen LogP) is 2.08. The molecule has 0 amide bonds. The van der Waals surface area contributed by atoms with Gasteiger partial charge < -0.3 is 28.4 Å². The van der Waals surface area contributed by atoms with Gasteiger partial charge in [-0.3, -0.25) is 0 Å². The second-order valence-electron chi connectivity index (χ2n) is 6.94. The van der Waals surface area contributed by atoms with Gasteiger partial charge in [-0.05, 0) is 28.3 Å². The van der Waals surface area contributed by atoms with E-state index in [2.05, 4.69) is 18.7 Å². The van der Waals surface area contributed by atoms with E-state index in [1.54, 1.807) is 0 Å². The normalized spacial score (nSPS) is 25.9. The fourth-order valence-electron chi connectivity index (χ4n) is 2.79. The first-order chi connectivity index (χ1) is 12.8.